The molecular weight excluding hydrogens is 341 g/mol. The van der Waals surface area contributed by atoms with E-state index in [0.29, 0.717) is 12.0 Å². The molecular formula is C16H19F7O. The molecule has 1 rings (SSSR count). The molecule has 24 heavy (non-hydrogen) atoms. The Hall–Kier alpha value is -1.31. The molecule has 0 aliphatic rings. The number of hydrogen-bond donors (Lipinski definition) is 1. The van der Waals surface area contributed by atoms with Gasteiger partial charge in [0, 0.05) is 6.42 Å². The minimum absolute atomic E-state index is 0.191. The zero-order chi connectivity index (χ0) is 19.0. The first-order valence-electron chi connectivity index (χ1n) is 7.24. The van der Waals surface area contributed by atoms with Crippen molar-refractivity contribution in [3.8, 4) is 0 Å². The summed E-state index contributed by atoms with van der Waals surface area (Å²) in [7, 11) is 0. The van der Waals surface area contributed by atoms with Crippen molar-refractivity contribution < 1.29 is 35.8 Å². The Morgan fingerprint density at radius 2 is 1.46 bits per heavy atom. The fraction of sp³-hybridized carbons (Fsp3) is 0.625. The van der Waals surface area contributed by atoms with Crippen molar-refractivity contribution in [2.75, 3.05) is 0 Å². The van der Waals surface area contributed by atoms with Crippen molar-refractivity contribution in [1.82, 2.24) is 0 Å². The lowest BCUT2D eigenvalue weighted by molar-refractivity contribution is -0.352. The molecule has 0 radical (unpaired) electrons. The molecule has 0 spiro atoms. The van der Waals surface area contributed by atoms with E-state index in [1.165, 1.54) is 18.2 Å². The van der Waals surface area contributed by atoms with Crippen molar-refractivity contribution in [2.24, 2.45) is 5.92 Å². The second-order valence-electron chi connectivity index (χ2n) is 6.55. The first kappa shape index (κ1) is 20.7. The topological polar surface area (TPSA) is 20.2 Å². The Balaban J connectivity index is 3.24. The van der Waals surface area contributed by atoms with Crippen LogP contribution in [0.2, 0.25) is 0 Å². The van der Waals surface area contributed by atoms with E-state index in [1.807, 2.05) is 13.8 Å². The molecule has 0 aromatic heterocycles. The number of halogens is 7. The van der Waals surface area contributed by atoms with Gasteiger partial charge in [0.1, 0.15) is 0 Å². The molecule has 1 aromatic rings. The summed E-state index contributed by atoms with van der Waals surface area (Å²) in [5.41, 5.74) is -7.72. The van der Waals surface area contributed by atoms with Gasteiger partial charge in [-0.3, -0.25) is 0 Å². The molecule has 0 fully saturated rings. The Labute approximate surface area is 135 Å². The molecule has 0 aliphatic heterocycles. The number of benzene rings is 1. The molecule has 0 heterocycles. The SMILES string of the molecule is CC(C)Cc1cccc(C(C)(O)CC(F)(C(F)(F)F)C(F)(F)F)c1. The van der Waals surface area contributed by atoms with Gasteiger partial charge >= 0.3 is 18.0 Å². The maximum absolute atomic E-state index is 13.9. The van der Waals surface area contributed by atoms with Gasteiger partial charge in [-0.05, 0) is 30.4 Å². The lowest BCUT2D eigenvalue weighted by Gasteiger charge is -2.36. The van der Waals surface area contributed by atoms with Gasteiger partial charge in [0.25, 0.3) is 0 Å². The van der Waals surface area contributed by atoms with E-state index in [-0.39, 0.29) is 11.5 Å². The predicted octanol–water partition coefficient (Wildman–Crippen LogP) is 5.32. The van der Waals surface area contributed by atoms with Crippen LogP contribution in [0.1, 0.15) is 38.3 Å². The Morgan fingerprint density at radius 3 is 1.88 bits per heavy atom. The van der Waals surface area contributed by atoms with Gasteiger partial charge in [0.05, 0.1) is 5.60 Å². The normalized spacial score (nSPS) is 16.3. The molecule has 0 saturated carbocycles. The van der Waals surface area contributed by atoms with E-state index in [1.54, 1.807) is 6.07 Å². The van der Waals surface area contributed by atoms with Crippen LogP contribution in [0.25, 0.3) is 0 Å². The average molecular weight is 360 g/mol. The van der Waals surface area contributed by atoms with Crippen LogP contribution in [-0.4, -0.2) is 23.1 Å². The first-order chi connectivity index (χ1) is 10.6. The third kappa shape index (κ3) is 4.40. The Morgan fingerprint density at radius 1 is 0.958 bits per heavy atom. The summed E-state index contributed by atoms with van der Waals surface area (Å²) >= 11 is 0. The van der Waals surface area contributed by atoms with Crippen molar-refractivity contribution in [1.29, 1.82) is 0 Å². The molecule has 0 saturated heterocycles. The Kier molecular flexibility index (Phi) is 5.65. The van der Waals surface area contributed by atoms with Gasteiger partial charge in [0.2, 0.25) is 0 Å². The van der Waals surface area contributed by atoms with Crippen molar-refractivity contribution in [3.05, 3.63) is 35.4 Å². The highest BCUT2D eigenvalue weighted by Gasteiger charge is 2.73. The van der Waals surface area contributed by atoms with Gasteiger partial charge in [-0.25, -0.2) is 4.39 Å². The van der Waals surface area contributed by atoms with Crippen LogP contribution in [0.5, 0.6) is 0 Å². The van der Waals surface area contributed by atoms with Crippen molar-refractivity contribution in [3.63, 3.8) is 0 Å². The van der Waals surface area contributed by atoms with Crippen molar-refractivity contribution in [2.45, 2.75) is 57.2 Å². The summed E-state index contributed by atoms with van der Waals surface area (Å²) in [6.07, 6.45) is -14.0. The third-order valence-electron chi connectivity index (χ3n) is 3.68. The summed E-state index contributed by atoms with van der Waals surface area (Å²) in [4.78, 5) is 0. The molecule has 8 heteroatoms. The van der Waals surface area contributed by atoms with E-state index in [9.17, 15) is 35.8 Å². The van der Waals surface area contributed by atoms with Crippen LogP contribution >= 0.6 is 0 Å². The van der Waals surface area contributed by atoms with Gasteiger partial charge in [-0.15, -0.1) is 0 Å². The van der Waals surface area contributed by atoms with E-state index >= 15 is 0 Å². The first-order valence-corrected chi connectivity index (χ1v) is 7.24. The second kappa shape index (κ2) is 6.54. The average Bonchev–Trinajstić information content (AvgIpc) is 2.35. The maximum Gasteiger partial charge on any atom is 0.431 e. The van der Waals surface area contributed by atoms with Crippen LogP contribution in [0.15, 0.2) is 24.3 Å². The minimum atomic E-state index is -6.19. The molecule has 1 N–H and O–H groups in total. The second-order valence-corrected chi connectivity index (χ2v) is 6.55. The fourth-order valence-corrected chi connectivity index (χ4v) is 2.44. The van der Waals surface area contributed by atoms with Crippen LogP contribution < -0.4 is 0 Å². The molecule has 0 bridgehead atoms. The van der Waals surface area contributed by atoms with Crippen molar-refractivity contribution >= 4 is 0 Å². The van der Waals surface area contributed by atoms with Crippen LogP contribution in [0, 0.1) is 5.92 Å². The van der Waals surface area contributed by atoms with Gasteiger partial charge < -0.3 is 5.11 Å². The largest absolute Gasteiger partial charge is 0.431 e. The smallest absolute Gasteiger partial charge is 0.385 e. The predicted molar refractivity (Wildman–Crippen MR) is 75.1 cm³/mol. The lowest BCUT2D eigenvalue weighted by atomic mass is 9.82. The minimum Gasteiger partial charge on any atom is -0.385 e. The van der Waals surface area contributed by atoms with Gasteiger partial charge in [-0.1, -0.05) is 38.1 Å². The standard InChI is InChI=1S/C16H19F7O/c1-10(2)7-11-5-4-6-12(8-11)13(3,24)9-14(17,15(18,19)20)16(21,22)23/h4-6,8,10,24H,7,9H2,1-3H3. The molecule has 1 aromatic carbocycles. The quantitative estimate of drug-likeness (QED) is 0.705. The Bertz CT molecular complexity index is 544. The lowest BCUT2D eigenvalue weighted by Crippen LogP contribution is -2.56. The summed E-state index contributed by atoms with van der Waals surface area (Å²) in [5, 5.41) is 10.2. The highest BCUT2D eigenvalue weighted by molar-refractivity contribution is 5.29. The van der Waals surface area contributed by atoms with E-state index in [0.717, 1.165) is 6.92 Å². The van der Waals surface area contributed by atoms with E-state index < -0.39 is 30.0 Å². The molecule has 0 aliphatic carbocycles. The molecule has 0 amide bonds. The zero-order valence-electron chi connectivity index (χ0n) is 13.4. The highest BCUT2D eigenvalue weighted by atomic mass is 19.4. The van der Waals surface area contributed by atoms with Gasteiger partial charge in [-0.2, -0.15) is 26.3 Å². The molecule has 1 nitrogen and oxygen atoms in total. The summed E-state index contributed by atoms with van der Waals surface area (Å²) in [6.45, 7) is 4.50. The number of alkyl halides is 7. The third-order valence-corrected chi connectivity index (χ3v) is 3.68. The number of aliphatic hydroxyl groups is 1. The zero-order valence-corrected chi connectivity index (χ0v) is 13.4. The highest BCUT2D eigenvalue weighted by Crippen LogP contribution is 2.51. The van der Waals surface area contributed by atoms with Gasteiger partial charge in [0.15, 0.2) is 0 Å². The van der Waals surface area contributed by atoms with E-state index in [4.69, 9.17) is 0 Å². The number of rotatable bonds is 5. The molecule has 1 unspecified atom stereocenters. The molecule has 138 valence electrons. The van der Waals surface area contributed by atoms with Crippen LogP contribution in [-0.2, 0) is 12.0 Å². The summed E-state index contributed by atoms with van der Waals surface area (Å²) in [6, 6.07) is 5.52. The van der Waals surface area contributed by atoms with Crippen LogP contribution in [0.3, 0.4) is 0 Å². The maximum atomic E-state index is 13.9. The monoisotopic (exact) mass is 360 g/mol. The molecule has 1 atom stereocenters. The summed E-state index contributed by atoms with van der Waals surface area (Å²) < 4.78 is 90.0. The fourth-order valence-electron chi connectivity index (χ4n) is 2.44. The van der Waals surface area contributed by atoms with Crippen LogP contribution in [0.4, 0.5) is 30.7 Å². The van der Waals surface area contributed by atoms with E-state index in [2.05, 4.69) is 0 Å². The number of hydrogen-bond acceptors (Lipinski definition) is 1. The summed E-state index contributed by atoms with van der Waals surface area (Å²) in [5.74, 6) is 0.191.